The van der Waals surface area contributed by atoms with Gasteiger partial charge in [0.05, 0.1) is 11.4 Å². The lowest BCUT2D eigenvalue weighted by molar-refractivity contribution is 0.262. The van der Waals surface area contributed by atoms with E-state index in [1.54, 1.807) is 4.68 Å². The number of sulfonamides is 1. The summed E-state index contributed by atoms with van der Waals surface area (Å²) < 4.78 is 43.1. The molecule has 5 rings (SSSR count). The number of amides is 2. The van der Waals surface area contributed by atoms with Gasteiger partial charge < -0.3 is 5.32 Å². The van der Waals surface area contributed by atoms with Crippen molar-refractivity contribution in [3.05, 3.63) is 102 Å². The van der Waals surface area contributed by atoms with Crippen molar-refractivity contribution >= 4 is 27.6 Å². The van der Waals surface area contributed by atoms with Crippen LogP contribution in [0.25, 0.3) is 5.69 Å². The van der Waals surface area contributed by atoms with Gasteiger partial charge in [-0.1, -0.05) is 62.7 Å². The van der Waals surface area contributed by atoms with Gasteiger partial charge in [0.2, 0.25) is 10.0 Å². The van der Waals surface area contributed by atoms with Gasteiger partial charge in [0.25, 0.3) is 0 Å². The summed E-state index contributed by atoms with van der Waals surface area (Å²) in [6.45, 7) is 8.98. The molecule has 10 heteroatoms. The maximum absolute atomic E-state index is 14.1. The molecular formula is C33H38FN5O3S. The minimum absolute atomic E-state index is 0.191. The zero-order valence-corrected chi connectivity index (χ0v) is 25.8. The molecule has 2 heterocycles. The number of carbonyl (C=O) groups is 1. The maximum Gasteiger partial charge on any atom is 0.324 e. The lowest BCUT2D eigenvalue weighted by atomic mass is 9.91. The minimum atomic E-state index is -3.85. The molecule has 3 aromatic carbocycles. The van der Waals surface area contributed by atoms with Crippen molar-refractivity contribution in [1.82, 2.24) is 14.1 Å². The first-order valence-electron chi connectivity index (χ1n) is 14.5. The summed E-state index contributed by atoms with van der Waals surface area (Å²) in [6.07, 6.45) is 2.19. The second-order valence-corrected chi connectivity index (χ2v) is 14.1. The molecule has 4 aromatic rings. The van der Waals surface area contributed by atoms with E-state index in [1.165, 1.54) is 28.6 Å². The summed E-state index contributed by atoms with van der Waals surface area (Å²) in [6, 6.07) is 22.7. The Morgan fingerprint density at radius 2 is 1.60 bits per heavy atom. The largest absolute Gasteiger partial charge is 0.324 e. The SMILES string of the molecule is Cc1ccc(-n2nc(C(C)(C)C)cc2NC(=O)Nc2ccc(CC3CCN(S(=O)(=O)c4ccccc4F)CC3)cc2)cc1. The Bertz CT molecular complexity index is 1690. The summed E-state index contributed by atoms with van der Waals surface area (Å²) in [4.78, 5) is 12.7. The third-order valence-corrected chi connectivity index (χ3v) is 9.69. The Labute approximate surface area is 253 Å². The summed E-state index contributed by atoms with van der Waals surface area (Å²) in [5.74, 6) is 0.165. The van der Waals surface area contributed by atoms with Crippen LogP contribution in [0.5, 0.6) is 0 Å². The Morgan fingerprint density at radius 1 is 0.953 bits per heavy atom. The van der Waals surface area contributed by atoms with Gasteiger partial charge in [0.15, 0.2) is 0 Å². The van der Waals surface area contributed by atoms with Gasteiger partial charge in [0.1, 0.15) is 16.5 Å². The lowest BCUT2D eigenvalue weighted by Crippen LogP contribution is -2.39. The summed E-state index contributed by atoms with van der Waals surface area (Å²) >= 11 is 0. The topological polar surface area (TPSA) is 96.3 Å². The normalized spacial score (nSPS) is 14.9. The number of aryl methyl sites for hydroxylation is 1. The molecule has 1 aromatic heterocycles. The lowest BCUT2D eigenvalue weighted by Gasteiger charge is -2.31. The van der Waals surface area contributed by atoms with Gasteiger partial charge in [-0.3, -0.25) is 5.32 Å². The average Bonchev–Trinajstić information content (AvgIpc) is 3.39. The highest BCUT2D eigenvalue weighted by Crippen LogP contribution is 2.29. The predicted molar refractivity (Wildman–Crippen MR) is 168 cm³/mol. The number of aromatic nitrogens is 2. The molecule has 0 bridgehead atoms. The molecule has 2 N–H and O–H groups in total. The zero-order valence-electron chi connectivity index (χ0n) is 25.0. The molecule has 43 heavy (non-hydrogen) atoms. The van der Waals surface area contributed by atoms with Gasteiger partial charge in [0, 0.05) is 30.3 Å². The van der Waals surface area contributed by atoms with Crippen LogP contribution in [0, 0.1) is 18.7 Å². The smallest absolute Gasteiger partial charge is 0.308 e. The molecule has 0 aliphatic carbocycles. The van der Waals surface area contributed by atoms with Crippen molar-refractivity contribution < 1.29 is 17.6 Å². The van der Waals surface area contributed by atoms with Crippen LogP contribution in [-0.2, 0) is 21.9 Å². The molecule has 1 aliphatic heterocycles. The molecule has 0 spiro atoms. The molecule has 2 amide bonds. The van der Waals surface area contributed by atoms with Crippen LogP contribution in [0.4, 0.5) is 20.7 Å². The van der Waals surface area contributed by atoms with Crippen LogP contribution >= 0.6 is 0 Å². The number of benzene rings is 3. The molecule has 0 saturated carbocycles. The number of rotatable bonds is 7. The first-order chi connectivity index (χ1) is 20.4. The number of hydrogen-bond donors (Lipinski definition) is 2. The number of halogens is 1. The van der Waals surface area contributed by atoms with E-state index in [1.807, 2.05) is 61.5 Å². The van der Waals surface area contributed by atoms with Crippen molar-refractivity contribution in [2.75, 3.05) is 23.7 Å². The highest BCUT2D eigenvalue weighted by atomic mass is 32.2. The van der Waals surface area contributed by atoms with Gasteiger partial charge in [-0.25, -0.2) is 22.3 Å². The summed E-state index contributed by atoms with van der Waals surface area (Å²) in [5, 5.41) is 10.6. The number of urea groups is 1. The van der Waals surface area contributed by atoms with E-state index in [0.29, 0.717) is 43.4 Å². The number of nitrogens with one attached hydrogen (secondary N) is 2. The van der Waals surface area contributed by atoms with E-state index < -0.39 is 15.8 Å². The van der Waals surface area contributed by atoms with Crippen LogP contribution in [0.1, 0.15) is 50.4 Å². The monoisotopic (exact) mass is 603 g/mol. The van der Waals surface area contributed by atoms with Crippen molar-refractivity contribution in [3.8, 4) is 5.69 Å². The van der Waals surface area contributed by atoms with Crippen molar-refractivity contribution in [3.63, 3.8) is 0 Å². The van der Waals surface area contributed by atoms with Crippen LogP contribution < -0.4 is 10.6 Å². The van der Waals surface area contributed by atoms with Crippen molar-refractivity contribution in [2.45, 2.75) is 57.3 Å². The highest BCUT2D eigenvalue weighted by molar-refractivity contribution is 7.89. The van der Waals surface area contributed by atoms with E-state index in [2.05, 4.69) is 31.4 Å². The van der Waals surface area contributed by atoms with E-state index >= 15 is 0 Å². The van der Waals surface area contributed by atoms with Crippen LogP contribution in [0.2, 0.25) is 0 Å². The second-order valence-electron chi connectivity index (χ2n) is 12.2. The van der Waals surface area contributed by atoms with Gasteiger partial charge in [-0.2, -0.15) is 9.40 Å². The van der Waals surface area contributed by atoms with Gasteiger partial charge in [-0.05, 0) is 74.1 Å². The molecule has 226 valence electrons. The number of nitrogens with zero attached hydrogens (tertiary/aromatic N) is 3. The van der Waals surface area contributed by atoms with Crippen LogP contribution in [0.15, 0.2) is 83.8 Å². The number of piperidine rings is 1. The predicted octanol–water partition coefficient (Wildman–Crippen LogP) is 6.90. The fourth-order valence-electron chi connectivity index (χ4n) is 5.20. The first-order valence-corrected chi connectivity index (χ1v) is 15.9. The highest BCUT2D eigenvalue weighted by Gasteiger charge is 2.31. The van der Waals surface area contributed by atoms with Crippen molar-refractivity contribution in [1.29, 1.82) is 0 Å². The fourth-order valence-corrected chi connectivity index (χ4v) is 6.74. The zero-order chi connectivity index (χ0) is 30.8. The first kappa shape index (κ1) is 30.4. The third kappa shape index (κ3) is 7.14. The molecule has 1 fully saturated rings. The Kier molecular flexibility index (Phi) is 8.71. The summed E-state index contributed by atoms with van der Waals surface area (Å²) in [7, 11) is -3.85. The quantitative estimate of drug-likeness (QED) is 0.240. The van der Waals surface area contributed by atoms with Gasteiger partial charge in [-0.15, -0.1) is 0 Å². The molecule has 8 nitrogen and oxygen atoms in total. The molecular weight excluding hydrogens is 565 g/mol. The molecule has 0 unspecified atom stereocenters. The Morgan fingerprint density at radius 3 is 2.23 bits per heavy atom. The second kappa shape index (κ2) is 12.3. The minimum Gasteiger partial charge on any atom is -0.308 e. The fraction of sp³-hybridized carbons (Fsp3) is 0.333. The Balaban J connectivity index is 1.18. The Hall–Kier alpha value is -4.02. The van der Waals surface area contributed by atoms with E-state index in [0.717, 1.165) is 28.9 Å². The van der Waals surface area contributed by atoms with Crippen LogP contribution in [0.3, 0.4) is 0 Å². The molecule has 1 saturated heterocycles. The van der Waals surface area contributed by atoms with E-state index in [4.69, 9.17) is 5.10 Å². The van der Waals surface area contributed by atoms with Crippen molar-refractivity contribution in [2.24, 2.45) is 5.92 Å². The number of hydrogen-bond acceptors (Lipinski definition) is 4. The third-order valence-electron chi connectivity index (χ3n) is 7.76. The van der Waals surface area contributed by atoms with Gasteiger partial charge >= 0.3 is 6.03 Å². The maximum atomic E-state index is 14.1. The molecule has 1 aliphatic rings. The average molecular weight is 604 g/mol. The standard InChI is InChI=1S/C33H38FN5O3S/c1-23-9-15-27(16-10-23)39-31(22-30(37-39)33(2,3)4)36-32(40)35-26-13-11-24(12-14-26)21-25-17-19-38(20-18-25)43(41,42)29-8-6-5-7-28(29)34/h5-16,22,25H,17-21H2,1-4H3,(H2,35,36,40). The van der Waals surface area contributed by atoms with Crippen LogP contribution in [-0.4, -0.2) is 41.6 Å². The number of anilines is 2. The van der Waals surface area contributed by atoms with E-state index in [9.17, 15) is 17.6 Å². The number of carbonyl (C=O) groups excluding carboxylic acids is 1. The molecule has 0 radical (unpaired) electrons. The summed E-state index contributed by atoms with van der Waals surface area (Å²) in [5.41, 5.74) is 4.43. The van der Waals surface area contributed by atoms with E-state index in [-0.39, 0.29) is 16.3 Å². The molecule has 0 atom stereocenters.